The van der Waals surface area contributed by atoms with Crippen LogP contribution in [-0.2, 0) is 6.54 Å². The summed E-state index contributed by atoms with van der Waals surface area (Å²) in [7, 11) is 0. The molecule has 126 valence electrons. The smallest absolute Gasteiger partial charge is 0.336 e. The SMILES string of the molecule is O=C(O)c1csc(C(=O)NCC2CCN(Cc3ccccc3)C2)c1. The number of carboxylic acid groups (broad SMARTS) is 1. The molecule has 2 N–H and O–H groups in total. The van der Waals surface area contributed by atoms with E-state index in [1.54, 1.807) is 0 Å². The highest BCUT2D eigenvalue weighted by Crippen LogP contribution is 2.19. The van der Waals surface area contributed by atoms with Gasteiger partial charge in [0.25, 0.3) is 5.91 Å². The molecule has 1 aromatic carbocycles. The number of carboxylic acids is 1. The van der Waals surface area contributed by atoms with Gasteiger partial charge in [-0.25, -0.2) is 4.79 Å². The van der Waals surface area contributed by atoms with Crippen molar-refractivity contribution in [3.8, 4) is 0 Å². The molecular formula is C18H20N2O3S. The number of benzene rings is 1. The Morgan fingerprint density at radius 2 is 2.08 bits per heavy atom. The second-order valence-corrected chi connectivity index (χ2v) is 7.00. The number of likely N-dealkylation sites (tertiary alicyclic amines) is 1. The standard InChI is InChI=1S/C18H20N2O3S/c21-17(16-8-15(12-24-16)18(22)23)19-9-14-6-7-20(11-14)10-13-4-2-1-3-5-13/h1-5,8,12,14H,6-7,9-11H2,(H,19,21)(H,22,23). The lowest BCUT2D eigenvalue weighted by atomic mass is 10.1. The molecule has 1 aromatic heterocycles. The lowest BCUT2D eigenvalue weighted by Crippen LogP contribution is -2.30. The van der Waals surface area contributed by atoms with Crippen molar-refractivity contribution >= 4 is 23.2 Å². The van der Waals surface area contributed by atoms with Crippen molar-refractivity contribution in [2.75, 3.05) is 19.6 Å². The monoisotopic (exact) mass is 344 g/mol. The maximum Gasteiger partial charge on any atom is 0.336 e. The van der Waals surface area contributed by atoms with E-state index in [2.05, 4.69) is 34.5 Å². The van der Waals surface area contributed by atoms with Crippen LogP contribution in [0.2, 0.25) is 0 Å². The van der Waals surface area contributed by atoms with E-state index >= 15 is 0 Å². The van der Waals surface area contributed by atoms with E-state index in [-0.39, 0.29) is 11.5 Å². The third kappa shape index (κ3) is 4.21. The van der Waals surface area contributed by atoms with Gasteiger partial charge in [-0.05, 0) is 30.5 Å². The molecule has 1 saturated heterocycles. The Hall–Kier alpha value is -2.18. The quantitative estimate of drug-likeness (QED) is 0.845. The van der Waals surface area contributed by atoms with E-state index in [1.165, 1.54) is 28.3 Å². The van der Waals surface area contributed by atoms with Crippen LogP contribution in [0.15, 0.2) is 41.8 Å². The normalized spacial score (nSPS) is 17.8. The maximum atomic E-state index is 12.1. The zero-order chi connectivity index (χ0) is 16.9. The summed E-state index contributed by atoms with van der Waals surface area (Å²) in [6.07, 6.45) is 1.07. The van der Waals surface area contributed by atoms with Crippen molar-refractivity contribution in [2.24, 2.45) is 5.92 Å². The van der Waals surface area contributed by atoms with Crippen LogP contribution in [0, 0.1) is 5.92 Å². The molecule has 5 nitrogen and oxygen atoms in total. The summed E-state index contributed by atoms with van der Waals surface area (Å²) in [6.45, 7) is 3.58. The van der Waals surface area contributed by atoms with Crippen molar-refractivity contribution in [1.29, 1.82) is 0 Å². The Bertz CT molecular complexity index is 714. The fraction of sp³-hybridized carbons (Fsp3) is 0.333. The van der Waals surface area contributed by atoms with Gasteiger partial charge in [0, 0.05) is 25.0 Å². The molecule has 1 amide bonds. The molecule has 1 fully saturated rings. The highest BCUT2D eigenvalue weighted by atomic mass is 32.1. The Morgan fingerprint density at radius 1 is 1.29 bits per heavy atom. The van der Waals surface area contributed by atoms with Crippen molar-refractivity contribution < 1.29 is 14.7 Å². The highest BCUT2D eigenvalue weighted by molar-refractivity contribution is 7.12. The van der Waals surface area contributed by atoms with Gasteiger partial charge in [0.15, 0.2) is 0 Å². The Kier molecular flexibility index (Phi) is 5.27. The fourth-order valence-corrected chi connectivity index (χ4v) is 3.75. The van der Waals surface area contributed by atoms with Gasteiger partial charge in [-0.3, -0.25) is 9.69 Å². The molecule has 0 spiro atoms. The van der Waals surface area contributed by atoms with Gasteiger partial charge >= 0.3 is 5.97 Å². The van der Waals surface area contributed by atoms with Gasteiger partial charge in [0.2, 0.25) is 0 Å². The minimum absolute atomic E-state index is 0.167. The molecular weight excluding hydrogens is 324 g/mol. The summed E-state index contributed by atoms with van der Waals surface area (Å²) in [5.41, 5.74) is 1.47. The van der Waals surface area contributed by atoms with Crippen molar-refractivity contribution in [2.45, 2.75) is 13.0 Å². The number of rotatable bonds is 6. The number of carbonyl (C=O) groups is 2. The van der Waals surface area contributed by atoms with Gasteiger partial charge in [0.1, 0.15) is 0 Å². The van der Waals surface area contributed by atoms with Crippen LogP contribution in [0.5, 0.6) is 0 Å². The molecule has 24 heavy (non-hydrogen) atoms. The molecule has 1 atom stereocenters. The number of aromatic carboxylic acids is 1. The van der Waals surface area contributed by atoms with E-state index < -0.39 is 5.97 Å². The van der Waals surface area contributed by atoms with Crippen LogP contribution in [0.4, 0.5) is 0 Å². The van der Waals surface area contributed by atoms with Gasteiger partial charge in [-0.2, -0.15) is 0 Å². The van der Waals surface area contributed by atoms with Crippen LogP contribution in [0.25, 0.3) is 0 Å². The first kappa shape index (κ1) is 16.7. The van der Waals surface area contributed by atoms with Gasteiger partial charge in [-0.15, -0.1) is 11.3 Å². The van der Waals surface area contributed by atoms with E-state index in [9.17, 15) is 9.59 Å². The van der Waals surface area contributed by atoms with E-state index in [0.717, 1.165) is 26.1 Å². The van der Waals surface area contributed by atoms with Crippen molar-refractivity contribution in [3.05, 3.63) is 57.8 Å². The van der Waals surface area contributed by atoms with Gasteiger partial charge in [-0.1, -0.05) is 30.3 Å². The molecule has 1 aliphatic rings. The summed E-state index contributed by atoms with van der Waals surface area (Å²) in [4.78, 5) is 25.8. The number of amides is 1. The minimum atomic E-state index is -1.00. The molecule has 2 aromatic rings. The minimum Gasteiger partial charge on any atom is -0.478 e. The van der Waals surface area contributed by atoms with Crippen LogP contribution in [-0.4, -0.2) is 41.5 Å². The molecule has 2 heterocycles. The van der Waals surface area contributed by atoms with E-state index in [4.69, 9.17) is 5.11 Å². The zero-order valence-electron chi connectivity index (χ0n) is 13.3. The number of nitrogens with zero attached hydrogens (tertiary/aromatic N) is 1. The highest BCUT2D eigenvalue weighted by Gasteiger charge is 2.23. The largest absolute Gasteiger partial charge is 0.478 e. The molecule has 1 unspecified atom stereocenters. The molecule has 0 bridgehead atoms. The molecule has 1 aliphatic heterocycles. The number of hydrogen-bond acceptors (Lipinski definition) is 4. The lowest BCUT2D eigenvalue weighted by molar-refractivity contribution is 0.0697. The summed E-state index contributed by atoms with van der Waals surface area (Å²) < 4.78 is 0. The number of thiophene rings is 1. The first-order valence-electron chi connectivity index (χ1n) is 7.98. The third-order valence-corrected chi connectivity index (χ3v) is 5.17. The predicted molar refractivity (Wildman–Crippen MR) is 93.4 cm³/mol. The van der Waals surface area contributed by atoms with E-state index in [1.807, 2.05) is 6.07 Å². The van der Waals surface area contributed by atoms with Crippen LogP contribution in [0.1, 0.15) is 32.0 Å². The zero-order valence-corrected chi connectivity index (χ0v) is 14.1. The molecule has 6 heteroatoms. The second kappa shape index (κ2) is 7.59. The summed E-state index contributed by atoms with van der Waals surface area (Å²) >= 11 is 1.17. The van der Waals surface area contributed by atoms with Gasteiger partial charge in [0.05, 0.1) is 10.4 Å². The van der Waals surface area contributed by atoms with E-state index in [0.29, 0.717) is 17.3 Å². The second-order valence-electron chi connectivity index (χ2n) is 6.09. The fourth-order valence-electron chi connectivity index (χ4n) is 2.96. The third-order valence-electron chi connectivity index (χ3n) is 4.24. The van der Waals surface area contributed by atoms with Crippen LogP contribution >= 0.6 is 11.3 Å². The first-order chi connectivity index (χ1) is 11.6. The molecule has 0 saturated carbocycles. The topological polar surface area (TPSA) is 69.6 Å². The Balaban J connectivity index is 1.45. The number of hydrogen-bond donors (Lipinski definition) is 2. The number of nitrogens with one attached hydrogen (secondary N) is 1. The molecule has 0 aliphatic carbocycles. The van der Waals surface area contributed by atoms with Crippen LogP contribution < -0.4 is 5.32 Å². The van der Waals surface area contributed by atoms with Gasteiger partial charge < -0.3 is 10.4 Å². The summed E-state index contributed by atoms with van der Waals surface area (Å²) in [6, 6.07) is 11.8. The summed E-state index contributed by atoms with van der Waals surface area (Å²) in [5.74, 6) is -0.747. The Morgan fingerprint density at radius 3 is 2.79 bits per heavy atom. The maximum absolute atomic E-state index is 12.1. The molecule has 0 radical (unpaired) electrons. The number of carbonyl (C=O) groups excluding carboxylic acids is 1. The Labute approximate surface area is 144 Å². The first-order valence-corrected chi connectivity index (χ1v) is 8.86. The average molecular weight is 344 g/mol. The van der Waals surface area contributed by atoms with Crippen LogP contribution in [0.3, 0.4) is 0 Å². The van der Waals surface area contributed by atoms with Crippen molar-refractivity contribution in [3.63, 3.8) is 0 Å². The predicted octanol–water partition coefficient (Wildman–Crippen LogP) is 2.70. The lowest BCUT2D eigenvalue weighted by Gasteiger charge is -2.16. The average Bonchev–Trinajstić information content (AvgIpc) is 3.23. The van der Waals surface area contributed by atoms with Crippen molar-refractivity contribution in [1.82, 2.24) is 10.2 Å². The molecule has 3 rings (SSSR count). The summed E-state index contributed by atoms with van der Waals surface area (Å²) in [5, 5.41) is 13.3.